The predicted molar refractivity (Wildman–Crippen MR) is 99.3 cm³/mol. The first-order valence-corrected chi connectivity index (χ1v) is 8.76. The highest BCUT2D eigenvalue weighted by molar-refractivity contribution is 6.34. The topological polar surface area (TPSA) is 62.2 Å². The summed E-state index contributed by atoms with van der Waals surface area (Å²) >= 11 is 11.9. The number of halogens is 5. The lowest BCUT2D eigenvalue weighted by molar-refractivity contribution is -0.183. The molecule has 8 heteroatoms. The van der Waals surface area contributed by atoms with Crippen molar-refractivity contribution in [2.24, 2.45) is 10.7 Å². The molecule has 2 aromatic rings. The first-order valence-electron chi connectivity index (χ1n) is 8.00. The Morgan fingerprint density at radius 1 is 1.15 bits per heavy atom. The van der Waals surface area contributed by atoms with Crippen molar-refractivity contribution in [2.45, 2.75) is 24.6 Å². The number of hydrogen-bond donors (Lipinski definition) is 1. The Balaban J connectivity index is 2.04. The van der Waals surface area contributed by atoms with Crippen LogP contribution in [0.2, 0.25) is 10.0 Å². The van der Waals surface area contributed by atoms with Crippen LogP contribution in [0.15, 0.2) is 41.4 Å². The normalized spacial score (nSPS) is 19.7. The van der Waals surface area contributed by atoms with E-state index >= 15 is 0 Å². The molecule has 1 atom stereocenters. The second kappa shape index (κ2) is 7.16. The maximum absolute atomic E-state index is 14.1. The van der Waals surface area contributed by atoms with Crippen LogP contribution in [0.5, 0.6) is 0 Å². The first-order chi connectivity index (χ1) is 12.7. The Bertz CT molecular complexity index is 943. The highest BCUT2D eigenvalue weighted by Crippen LogP contribution is 2.48. The fourth-order valence-electron chi connectivity index (χ4n) is 3.24. The number of nitrogens with zero attached hydrogens (tertiary/aromatic N) is 2. The van der Waals surface area contributed by atoms with E-state index < -0.39 is 18.1 Å². The fourth-order valence-corrected chi connectivity index (χ4v) is 3.76. The van der Waals surface area contributed by atoms with Gasteiger partial charge in [-0.15, -0.1) is 0 Å². The smallest absolute Gasteiger partial charge is 0.326 e. The molecule has 1 unspecified atom stereocenters. The lowest BCUT2D eigenvalue weighted by atomic mass is 9.76. The van der Waals surface area contributed by atoms with Crippen LogP contribution in [0, 0.1) is 11.3 Å². The molecule has 1 aliphatic rings. The summed E-state index contributed by atoms with van der Waals surface area (Å²) in [5.41, 5.74) is 5.06. The zero-order valence-electron chi connectivity index (χ0n) is 13.9. The minimum Gasteiger partial charge on any atom is -0.326 e. The second-order valence-corrected chi connectivity index (χ2v) is 7.24. The summed E-state index contributed by atoms with van der Waals surface area (Å²) in [6.45, 7) is -0.299. The van der Waals surface area contributed by atoms with Crippen molar-refractivity contribution in [3.05, 3.63) is 68.7 Å². The molecule has 2 aromatic carbocycles. The molecular weight excluding hydrogens is 398 g/mol. The van der Waals surface area contributed by atoms with Gasteiger partial charge in [0.1, 0.15) is 5.41 Å². The van der Waals surface area contributed by atoms with Gasteiger partial charge in [0.2, 0.25) is 0 Å². The van der Waals surface area contributed by atoms with Crippen molar-refractivity contribution < 1.29 is 13.2 Å². The van der Waals surface area contributed by atoms with Crippen LogP contribution in [-0.4, -0.2) is 18.4 Å². The van der Waals surface area contributed by atoms with Gasteiger partial charge in [-0.2, -0.15) is 18.4 Å². The van der Waals surface area contributed by atoms with Gasteiger partial charge in [-0.25, -0.2) is 0 Å². The largest absolute Gasteiger partial charge is 0.400 e. The van der Waals surface area contributed by atoms with Crippen molar-refractivity contribution in [1.82, 2.24) is 0 Å². The van der Waals surface area contributed by atoms with Crippen molar-refractivity contribution in [2.75, 3.05) is 6.54 Å². The number of hydrogen-bond acceptors (Lipinski definition) is 3. The maximum atomic E-state index is 14.1. The molecule has 0 fully saturated rings. The number of aliphatic imine (C=N–C) groups is 1. The average molecular weight is 412 g/mol. The summed E-state index contributed by atoms with van der Waals surface area (Å²) < 4.78 is 42.3. The number of nitriles is 1. The highest BCUT2D eigenvalue weighted by Gasteiger charge is 2.58. The van der Waals surface area contributed by atoms with Crippen LogP contribution < -0.4 is 5.73 Å². The van der Waals surface area contributed by atoms with E-state index in [0.717, 1.165) is 0 Å². The van der Waals surface area contributed by atoms with Gasteiger partial charge in [-0.3, -0.25) is 4.99 Å². The highest BCUT2D eigenvalue weighted by atomic mass is 35.5. The molecule has 0 aliphatic carbocycles. The van der Waals surface area contributed by atoms with Crippen molar-refractivity contribution >= 4 is 28.9 Å². The molecule has 0 amide bonds. The Labute approximate surface area is 164 Å². The minimum atomic E-state index is -4.55. The maximum Gasteiger partial charge on any atom is 0.400 e. The summed E-state index contributed by atoms with van der Waals surface area (Å²) in [5.74, 6) is 0. The summed E-state index contributed by atoms with van der Waals surface area (Å²) in [7, 11) is 0. The molecule has 3 nitrogen and oxygen atoms in total. The van der Waals surface area contributed by atoms with E-state index in [4.69, 9.17) is 28.9 Å². The lowest BCUT2D eigenvalue weighted by Gasteiger charge is -2.31. The van der Waals surface area contributed by atoms with Gasteiger partial charge in [-0.1, -0.05) is 35.3 Å². The minimum absolute atomic E-state index is 0.0228. The van der Waals surface area contributed by atoms with Gasteiger partial charge >= 0.3 is 6.18 Å². The summed E-state index contributed by atoms with van der Waals surface area (Å²) in [6, 6.07) is 10.8. The first kappa shape index (κ1) is 19.7. The zero-order chi connectivity index (χ0) is 19.8. The summed E-state index contributed by atoms with van der Waals surface area (Å²) in [4.78, 5) is 4.16. The zero-order valence-corrected chi connectivity index (χ0v) is 15.5. The van der Waals surface area contributed by atoms with Crippen LogP contribution in [0.25, 0.3) is 0 Å². The van der Waals surface area contributed by atoms with Crippen molar-refractivity contribution in [3.8, 4) is 6.07 Å². The molecule has 0 saturated heterocycles. The molecule has 0 bridgehead atoms. The van der Waals surface area contributed by atoms with Crippen molar-refractivity contribution in [3.63, 3.8) is 0 Å². The van der Waals surface area contributed by atoms with E-state index in [0.29, 0.717) is 16.7 Å². The number of nitrogens with two attached hydrogens (primary N) is 1. The lowest BCUT2D eigenvalue weighted by Crippen LogP contribution is -2.43. The molecular formula is C19H14Cl2F3N3. The van der Waals surface area contributed by atoms with Gasteiger partial charge in [0, 0.05) is 28.7 Å². The molecule has 27 heavy (non-hydrogen) atoms. The van der Waals surface area contributed by atoms with Crippen LogP contribution in [-0.2, 0) is 12.0 Å². The van der Waals surface area contributed by atoms with Gasteiger partial charge < -0.3 is 5.73 Å². The Morgan fingerprint density at radius 3 is 2.37 bits per heavy atom. The van der Waals surface area contributed by atoms with Crippen molar-refractivity contribution in [1.29, 1.82) is 5.26 Å². The monoisotopic (exact) mass is 411 g/mol. The quantitative estimate of drug-likeness (QED) is 0.770. The van der Waals surface area contributed by atoms with E-state index in [1.165, 1.54) is 24.3 Å². The average Bonchev–Trinajstić information content (AvgIpc) is 3.07. The molecule has 1 aliphatic heterocycles. The molecule has 0 saturated carbocycles. The molecule has 0 radical (unpaired) electrons. The van der Waals surface area contributed by atoms with E-state index in [-0.39, 0.29) is 34.3 Å². The summed E-state index contributed by atoms with van der Waals surface area (Å²) in [6.07, 6.45) is -4.92. The number of rotatable bonds is 3. The standard InChI is InChI=1S/C19H14Cl2F3N3/c20-15-4-14(5-16(21)6-15)18(19(22,23)24)7-17(27-10-18)11-1-2-12(8-25)13(3-11)9-26/h1-6H,7-8,10,25H2. The second-order valence-electron chi connectivity index (χ2n) is 6.37. The van der Waals surface area contributed by atoms with Crippen LogP contribution >= 0.6 is 23.2 Å². The third-order valence-corrected chi connectivity index (χ3v) is 5.19. The van der Waals surface area contributed by atoms with Crippen LogP contribution in [0.1, 0.15) is 28.7 Å². The van der Waals surface area contributed by atoms with E-state index in [9.17, 15) is 18.4 Å². The van der Waals surface area contributed by atoms with E-state index in [1.807, 2.05) is 6.07 Å². The Morgan fingerprint density at radius 2 is 1.81 bits per heavy atom. The molecule has 3 rings (SSSR count). The van der Waals surface area contributed by atoms with Gasteiger partial charge in [-0.05, 0) is 41.0 Å². The van der Waals surface area contributed by atoms with Crippen LogP contribution in [0.4, 0.5) is 13.2 Å². The SMILES string of the molecule is N#Cc1cc(C2=NCC(c3cc(Cl)cc(Cl)c3)(C(F)(F)F)C2)ccc1CN. The molecule has 2 N–H and O–H groups in total. The Kier molecular flexibility index (Phi) is 5.22. The van der Waals surface area contributed by atoms with Gasteiger partial charge in [0.05, 0.1) is 18.2 Å². The molecule has 0 aromatic heterocycles. The van der Waals surface area contributed by atoms with Gasteiger partial charge in [0.15, 0.2) is 0 Å². The number of benzene rings is 2. The third kappa shape index (κ3) is 3.55. The number of alkyl halides is 3. The van der Waals surface area contributed by atoms with E-state index in [2.05, 4.69) is 4.99 Å². The predicted octanol–water partition coefficient (Wildman–Crippen LogP) is 5.02. The summed E-state index contributed by atoms with van der Waals surface area (Å²) in [5, 5.41) is 9.50. The van der Waals surface area contributed by atoms with Crippen LogP contribution in [0.3, 0.4) is 0 Å². The molecule has 1 heterocycles. The molecule has 0 spiro atoms. The molecule has 140 valence electrons. The fraction of sp³-hybridized carbons (Fsp3) is 0.263. The van der Waals surface area contributed by atoms with E-state index in [1.54, 1.807) is 12.1 Å². The Hall–Kier alpha value is -2.07. The third-order valence-electron chi connectivity index (χ3n) is 4.75. The van der Waals surface area contributed by atoms with Gasteiger partial charge in [0.25, 0.3) is 0 Å².